The quantitative estimate of drug-likeness (QED) is 0.829. The molecule has 140 valence electrons. The minimum atomic E-state index is -0.363. The summed E-state index contributed by atoms with van der Waals surface area (Å²) in [5, 5.41) is 9.33. The van der Waals surface area contributed by atoms with Gasteiger partial charge in [0, 0.05) is 13.6 Å². The van der Waals surface area contributed by atoms with Crippen molar-refractivity contribution in [1.29, 1.82) is 0 Å². The number of rotatable bonds is 5. The Morgan fingerprint density at radius 2 is 1.56 bits per heavy atom. The van der Waals surface area contributed by atoms with Gasteiger partial charge in [-0.2, -0.15) is 0 Å². The van der Waals surface area contributed by atoms with Crippen LogP contribution in [0.5, 0.6) is 0 Å². The molecule has 3 rings (SSSR count). The summed E-state index contributed by atoms with van der Waals surface area (Å²) in [6, 6.07) is 13.2. The number of carbonyl (C=O) groups is 2. The maximum absolute atomic E-state index is 13.3. The van der Waals surface area contributed by atoms with E-state index in [9.17, 15) is 14.7 Å². The minimum Gasteiger partial charge on any atom is -0.395 e. The van der Waals surface area contributed by atoms with Crippen LogP contribution in [0.4, 0.5) is 5.69 Å². The minimum absolute atomic E-state index is 0.105. The van der Waals surface area contributed by atoms with Gasteiger partial charge in [0.2, 0.25) is 0 Å². The van der Waals surface area contributed by atoms with Crippen LogP contribution in [0.3, 0.4) is 0 Å². The Hall–Kier alpha value is -2.92. The van der Waals surface area contributed by atoms with Gasteiger partial charge >= 0.3 is 0 Å². The van der Waals surface area contributed by atoms with E-state index in [2.05, 4.69) is 0 Å². The molecule has 5 nitrogen and oxygen atoms in total. The summed E-state index contributed by atoms with van der Waals surface area (Å²) >= 11 is 0. The third-order valence-corrected chi connectivity index (χ3v) is 4.81. The van der Waals surface area contributed by atoms with Crippen LogP contribution in [0, 0.1) is 20.8 Å². The maximum Gasteiger partial charge on any atom is 0.282 e. The highest BCUT2D eigenvalue weighted by Gasteiger charge is 2.42. The number of aliphatic hydroxyl groups excluding tert-OH is 1. The number of hydrogen-bond donors (Lipinski definition) is 1. The molecule has 0 radical (unpaired) electrons. The topological polar surface area (TPSA) is 60.9 Å². The van der Waals surface area contributed by atoms with E-state index < -0.39 is 0 Å². The molecule has 0 saturated carbocycles. The molecule has 0 saturated heterocycles. The summed E-state index contributed by atoms with van der Waals surface area (Å²) < 4.78 is 0. The first-order valence-corrected chi connectivity index (χ1v) is 8.94. The molecular formula is C22H24N2O3. The fourth-order valence-corrected chi connectivity index (χ4v) is 3.39. The van der Waals surface area contributed by atoms with E-state index in [1.54, 1.807) is 11.9 Å². The Kier molecular flexibility index (Phi) is 5.15. The van der Waals surface area contributed by atoms with Crippen molar-refractivity contribution in [3.8, 4) is 0 Å². The summed E-state index contributed by atoms with van der Waals surface area (Å²) in [6.45, 7) is 6.00. The Balaban J connectivity index is 2.15. The normalized spacial score (nSPS) is 14.3. The predicted octanol–water partition coefficient (Wildman–Crippen LogP) is 2.82. The van der Waals surface area contributed by atoms with Gasteiger partial charge in [0.1, 0.15) is 5.70 Å². The van der Waals surface area contributed by atoms with Crippen LogP contribution in [0.15, 0.2) is 48.2 Å². The van der Waals surface area contributed by atoms with E-state index in [0.717, 1.165) is 16.7 Å². The molecule has 0 aromatic heterocycles. The van der Waals surface area contributed by atoms with Gasteiger partial charge in [-0.3, -0.25) is 9.59 Å². The molecular weight excluding hydrogens is 340 g/mol. The van der Waals surface area contributed by atoms with E-state index >= 15 is 0 Å². The first-order valence-electron chi connectivity index (χ1n) is 8.94. The molecule has 0 spiro atoms. The lowest BCUT2D eigenvalue weighted by Crippen LogP contribution is -2.35. The van der Waals surface area contributed by atoms with E-state index in [1.807, 2.05) is 63.2 Å². The average molecular weight is 364 g/mol. The zero-order chi connectivity index (χ0) is 19.7. The highest BCUT2D eigenvalue weighted by molar-refractivity contribution is 6.45. The molecule has 1 aliphatic heterocycles. The summed E-state index contributed by atoms with van der Waals surface area (Å²) in [6.07, 6.45) is 0. The van der Waals surface area contributed by atoms with E-state index in [4.69, 9.17) is 0 Å². The second-order valence-electron chi connectivity index (χ2n) is 6.97. The van der Waals surface area contributed by atoms with Crippen molar-refractivity contribution in [3.63, 3.8) is 0 Å². The lowest BCUT2D eigenvalue weighted by molar-refractivity contribution is -0.120. The summed E-state index contributed by atoms with van der Waals surface area (Å²) in [4.78, 5) is 29.5. The van der Waals surface area contributed by atoms with Crippen LogP contribution in [0.2, 0.25) is 0 Å². The Labute approximate surface area is 159 Å². The lowest BCUT2D eigenvalue weighted by Gasteiger charge is -2.21. The highest BCUT2D eigenvalue weighted by atomic mass is 16.3. The smallest absolute Gasteiger partial charge is 0.282 e. The molecule has 0 aliphatic carbocycles. The molecule has 0 bridgehead atoms. The molecule has 2 aromatic carbocycles. The average Bonchev–Trinajstić information content (AvgIpc) is 2.87. The van der Waals surface area contributed by atoms with Gasteiger partial charge in [0.25, 0.3) is 11.8 Å². The van der Waals surface area contributed by atoms with Crippen molar-refractivity contribution in [2.75, 3.05) is 25.1 Å². The zero-order valence-electron chi connectivity index (χ0n) is 16.1. The third-order valence-electron chi connectivity index (χ3n) is 4.81. The van der Waals surface area contributed by atoms with E-state index in [0.29, 0.717) is 22.5 Å². The van der Waals surface area contributed by atoms with Crippen LogP contribution < -0.4 is 4.90 Å². The van der Waals surface area contributed by atoms with Crippen molar-refractivity contribution in [2.45, 2.75) is 20.8 Å². The SMILES string of the molecule is Cc1ccc(C2=C(N(C)CCO)C(=O)N(c3ccc(C)cc3C)C2=O)cc1. The van der Waals surface area contributed by atoms with Gasteiger partial charge in [-0.15, -0.1) is 0 Å². The van der Waals surface area contributed by atoms with Crippen LogP contribution in [0.1, 0.15) is 22.3 Å². The van der Waals surface area contributed by atoms with Gasteiger partial charge in [-0.25, -0.2) is 4.90 Å². The number of benzene rings is 2. The van der Waals surface area contributed by atoms with Crippen LogP contribution in [-0.4, -0.2) is 42.0 Å². The molecule has 5 heteroatoms. The standard InChI is InChI=1S/C22H24N2O3/c1-14-5-8-17(9-6-14)19-20(23(4)11-12-25)22(27)24(21(19)26)18-10-7-15(2)13-16(18)3/h5-10,13,25H,11-12H2,1-4H3. The third kappa shape index (κ3) is 3.38. The lowest BCUT2D eigenvalue weighted by atomic mass is 10.0. The number of hydrogen-bond acceptors (Lipinski definition) is 4. The zero-order valence-corrected chi connectivity index (χ0v) is 16.1. The second kappa shape index (κ2) is 7.37. The number of anilines is 1. The van der Waals surface area contributed by atoms with Crippen LogP contribution in [-0.2, 0) is 9.59 Å². The number of carbonyl (C=O) groups excluding carboxylic acids is 2. The molecule has 1 aliphatic rings. The first kappa shape index (κ1) is 18.9. The Morgan fingerprint density at radius 1 is 0.926 bits per heavy atom. The fraction of sp³-hybridized carbons (Fsp3) is 0.273. The molecule has 27 heavy (non-hydrogen) atoms. The molecule has 2 amide bonds. The first-order chi connectivity index (χ1) is 12.8. The number of amides is 2. The fourth-order valence-electron chi connectivity index (χ4n) is 3.39. The molecule has 0 atom stereocenters. The van der Waals surface area contributed by atoms with Gasteiger partial charge < -0.3 is 10.0 Å². The van der Waals surface area contributed by atoms with Gasteiger partial charge in [-0.1, -0.05) is 47.5 Å². The Bertz CT molecular complexity index is 929. The van der Waals surface area contributed by atoms with Crippen molar-refractivity contribution in [2.24, 2.45) is 0 Å². The van der Waals surface area contributed by atoms with Gasteiger partial charge in [0.05, 0.1) is 17.9 Å². The number of aryl methyl sites for hydroxylation is 3. The van der Waals surface area contributed by atoms with Crippen LogP contribution in [0.25, 0.3) is 5.57 Å². The molecule has 1 N–H and O–H groups in total. The second-order valence-corrected chi connectivity index (χ2v) is 6.97. The number of nitrogens with zero attached hydrogens (tertiary/aromatic N) is 2. The number of aliphatic hydroxyl groups is 1. The molecule has 0 unspecified atom stereocenters. The van der Waals surface area contributed by atoms with Crippen LogP contribution >= 0.6 is 0 Å². The highest BCUT2D eigenvalue weighted by Crippen LogP contribution is 2.35. The van der Waals surface area contributed by atoms with Crippen molar-refractivity contribution in [3.05, 3.63) is 70.4 Å². The van der Waals surface area contributed by atoms with E-state index in [1.165, 1.54) is 4.90 Å². The van der Waals surface area contributed by atoms with Crippen molar-refractivity contribution in [1.82, 2.24) is 4.90 Å². The largest absolute Gasteiger partial charge is 0.395 e. The monoisotopic (exact) mass is 364 g/mol. The maximum atomic E-state index is 13.3. The molecule has 1 heterocycles. The van der Waals surface area contributed by atoms with Crippen molar-refractivity contribution < 1.29 is 14.7 Å². The van der Waals surface area contributed by atoms with Crippen molar-refractivity contribution >= 4 is 23.1 Å². The molecule has 0 fully saturated rings. The Morgan fingerprint density at radius 3 is 2.15 bits per heavy atom. The van der Waals surface area contributed by atoms with Gasteiger partial charge in [0.15, 0.2) is 0 Å². The molecule has 2 aromatic rings. The summed E-state index contributed by atoms with van der Waals surface area (Å²) in [7, 11) is 1.72. The predicted molar refractivity (Wildman–Crippen MR) is 106 cm³/mol. The van der Waals surface area contributed by atoms with Gasteiger partial charge in [-0.05, 0) is 38.0 Å². The number of imide groups is 1. The summed E-state index contributed by atoms with van der Waals surface area (Å²) in [5.74, 6) is -0.700. The summed E-state index contributed by atoms with van der Waals surface area (Å²) in [5.41, 5.74) is 4.99. The number of likely N-dealkylation sites (N-methyl/N-ethyl adjacent to an activating group) is 1. The van der Waals surface area contributed by atoms with E-state index in [-0.39, 0.29) is 25.0 Å².